The van der Waals surface area contributed by atoms with Gasteiger partial charge in [-0.3, -0.25) is 0 Å². The van der Waals surface area contributed by atoms with Crippen LogP contribution in [0.5, 0.6) is 0 Å². The van der Waals surface area contributed by atoms with Gasteiger partial charge >= 0.3 is 6.18 Å². The quantitative estimate of drug-likeness (QED) is 0.625. The Kier molecular flexibility index (Phi) is 3.64. The molecule has 0 aromatic heterocycles. The van der Waals surface area contributed by atoms with E-state index in [9.17, 15) is 17.6 Å². The van der Waals surface area contributed by atoms with Crippen LogP contribution in [0, 0.1) is 18.7 Å². The van der Waals surface area contributed by atoms with Crippen molar-refractivity contribution < 1.29 is 17.6 Å². The molecule has 1 saturated carbocycles. The molecule has 0 radical (unpaired) electrons. The number of hydrogen-bond acceptors (Lipinski definition) is 0. The van der Waals surface area contributed by atoms with E-state index in [1.165, 1.54) is 0 Å². The molecule has 0 saturated heterocycles. The van der Waals surface area contributed by atoms with Crippen LogP contribution in [-0.2, 0) is 0 Å². The summed E-state index contributed by atoms with van der Waals surface area (Å²) in [6.07, 6.45) is -3.03. The fraction of sp³-hybridized carbons (Fsp3) is 0.571. The van der Waals surface area contributed by atoms with Crippen LogP contribution in [0.3, 0.4) is 0 Å². The zero-order chi connectivity index (χ0) is 13.3. The summed E-state index contributed by atoms with van der Waals surface area (Å²) < 4.78 is 51.5. The fourth-order valence-corrected chi connectivity index (χ4v) is 2.72. The van der Waals surface area contributed by atoms with Gasteiger partial charge in [-0.05, 0) is 49.7 Å². The summed E-state index contributed by atoms with van der Waals surface area (Å²) in [4.78, 5) is 0. The highest BCUT2D eigenvalue weighted by Gasteiger charge is 2.41. The summed E-state index contributed by atoms with van der Waals surface area (Å²) in [5, 5.41) is 0. The minimum atomic E-state index is -4.10. The fourth-order valence-electron chi connectivity index (χ4n) is 2.72. The van der Waals surface area contributed by atoms with Crippen LogP contribution in [0.25, 0.3) is 0 Å². The first-order chi connectivity index (χ1) is 8.39. The SMILES string of the molecule is Cc1cccc(C2CCC(C(F)(F)F)CC2)c1F. The number of hydrogen-bond donors (Lipinski definition) is 0. The molecule has 0 unspecified atom stereocenters. The summed E-state index contributed by atoms with van der Waals surface area (Å²) in [6, 6.07) is 5.14. The number of benzene rings is 1. The molecule has 2 rings (SSSR count). The average molecular weight is 260 g/mol. The van der Waals surface area contributed by atoms with E-state index >= 15 is 0 Å². The number of aryl methyl sites for hydroxylation is 1. The molecule has 4 heteroatoms. The van der Waals surface area contributed by atoms with E-state index < -0.39 is 12.1 Å². The van der Waals surface area contributed by atoms with E-state index in [0.717, 1.165) is 0 Å². The highest BCUT2D eigenvalue weighted by Crippen LogP contribution is 2.43. The van der Waals surface area contributed by atoms with Gasteiger partial charge in [0.1, 0.15) is 5.82 Å². The Morgan fingerprint density at radius 2 is 1.67 bits per heavy atom. The molecular formula is C14H16F4. The molecule has 18 heavy (non-hydrogen) atoms. The number of rotatable bonds is 1. The van der Waals surface area contributed by atoms with Crippen molar-refractivity contribution in [2.45, 2.75) is 44.7 Å². The van der Waals surface area contributed by atoms with Gasteiger partial charge in [0, 0.05) is 0 Å². The number of alkyl halides is 3. The first-order valence-electron chi connectivity index (χ1n) is 6.21. The lowest BCUT2D eigenvalue weighted by Crippen LogP contribution is -2.27. The predicted molar refractivity (Wildman–Crippen MR) is 61.9 cm³/mol. The molecule has 1 aliphatic carbocycles. The average Bonchev–Trinajstić information content (AvgIpc) is 2.32. The standard InChI is InChI=1S/C14H16F4/c1-9-3-2-4-12(13(9)15)10-5-7-11(8-6-10)14(16,17)18/h2-4,10-11H,5-8H2,1H3. The van der Waals surface area contributed by atoms with Gasteiger partial charge in [-0.25, -0.2) is 4.39 Å². The van der Waals surface area contributed by atoms with Gasteiger partial charge in [-0.1, -0.05) is 18.2 Å². The van der Waals surface area contributed by atoms with E-state index in [2.05, 4.69) is 0 Å². The normalized spacial score (nSPS) is 25.2. The van der Waals surface area contributed by atoms with Crippen molar-refractivity contribution in [1.29, 1.82) is 0 Å². The van der Waals surface area contributed by atoms with Crippen LogP contribution >= 0.6 is 0 Å². The monoisotopic (exact) mass is 260 g/mol. The Bertz CT molecular complexity index is 414. The molecule has 1 fully saturated rings. The van der Waals surface area contributed by atoms with Crippen molar-refractivity contribution in [2.24, 2.45) is 5.92 Å². The minimum absolute atomic E-state index is 0.0662. The van der Waals surface area contributed by atoms with Crippen LogP contribution < -0.4 is 0 Å². The van der Waals surface area contributed by atoms with Crippen LogP contribution in [0.1, 0.15) is 42.7 Å². The summed E-state index contributed by atoms with van der Waals surface area (Å²) >= 11 is 0. The van der Waals surface area contributed by atoms with E-state index in [4.69, 9.17) is 0 Å². The van der Waals surface area contributed by atoms with Crippen molar-refractivity contribution in [3.05, 3.63) is 35.1 Å². The third kappa shape index (κ3) is 2.68. The Morgan fingerprint density at radius 3 is 2.22 bits per heavy atom. The molecule has 0 heterocycles. The van der Waals surface area contributed by atoms with Gasteiger partial charge in [0.05, 0.1) is 5.92 Å². The third-order valence-electron chi connectivity index (χ3n) is 3.85. The summed E-state index contributed by atoms with van der Waals surface area (Å²) in [5.41, 5.74) is 1.14. The van der Waals surface area contributed by atoms with Gasteiger partial charge in [-0.2, -0.15) is 13.2 Å². The molecular weight excluding hydrogens is 244 g/mol. The van der Waals surface area contributed by atoms with Crippen molar-refractivity contribution in [2.75, 3.05) is 0 Å². The lowest BCUT2D eigenvalue weighted by molar-refractivity contribution is -0.182. The van der Waals surface area contributed by atoms with E-state index in [-0.39, 0.29) is 24.6 Å². The molecule has 1 aromatic carbocycles. The predicted octanol–water partition coefficient (Wildman–Crippen LogP) is 4.97. The molecule has 0 bridgehead atoms. The lowest BCUT2D eigenvalue weighted by Gasteiger charge is -2.30. The highest BCUT2D eigenvalue weighted by molar-refractivity contribution is 5.28. The van der Waals surface area contributed by atoms with Crippen molar-refractivity contribution in [3.8, 4) is 0 Å². The largest absolute Gasteiger partial charge is 0.391 e. The highest BCUT2D eigenvalue weighted by atomic mass is 19.4. The molecule has 0 aliphatic heterocycles. The Hall–Kier alpha value is -1.06. The molecule has 0 nitrogen and oxygen atoms in total. The van der Waals surface area contributed by atoms with Crippen LogP contribution in [-0.4, -0.2) is 6.18 Å². The summed E-state index contributed by atoms with van der Waals surface area (Å²) in [5.74, 6) is -1.53. The van der Waals surface area contributed by atoms with Gasteiger partial charge < -0.3 is 0 Å². The summed E-state index contributed by atoms with van der Waals surface area (Å²) in [6.45, 7) is 1.68. The van der Waals surface area contributed by atoms with E-state index in [1.807, 2.05) is 0 Å². The molecule has 100 valence electrons. The maximum Gasteiger partial charge on any atom is 0.391 e. The maximum atomic E-state index is 13.9. The smallest absolute Gasteiger partial charge is 0.206 e. The Balaban J connectivity index is 2.08. The summed E-state index contributed by atoms with van der Waals surface area (Å²) in [7, 11) is 0. The van der Waals surface area contributed by atoms with Crippen molar-refractivity contribution in [3.63, 3.8) is 0 Å². The molecule has 1 aromatic rings. The second-order valence-electron chi connectivity index (χ2n) is 5.07. The van der Waals surface area contributed by atoms with E-state index in [0.29, 0.717) is 24.0 Å². The Morgan fingerprint density at radius 1 is 1.06 bits per heavy atom. The zero-order valence-corrected chi connectivity index (χ0v) is 10.2. The van der Waals surface area contributed by atoms with Crippen LogP contribution in [0.2, 0.25) is 0 Å². The van der Waals surface area contributed by atoms with Crippen molar-refractivity contribution in [1.82, 2.24) is 0 Å². The van der Waals surface area contributed by atoms with Gasteiger partial charge in [0.15, 0.2) is 0 Å². The van der Waals surface area contributed by atoms with Crippen molar-refractivity contribution >= 4 is 0 Å². The van der Waals surface area contributed by atoms with E-state index in [1.54, 1.807) is 25.1 Å². The minimum Gasteiger partial charge on any atom is -0.206 e. The van der Waals surface area contributed by atoms with Crippen LogP contribution in [0.4, 0.5) is 17.6 Å². The number of halogens is 4. The second-order valence-corrected chi connectivity index (χ2v) is 5.07. The van der Waals surface area contributed by atoms with Gasteiger partial charge in [0.2, 0.25) is 0 Å². The zero-order valence-electron chi connectivity index (χ0n) is 10.2. The van der Waals surface area contributed by atoms with Gasteiger partial charge in [-0.15, -0.1) is 0 Å². The first kappa shape index (κ1) is 13.4. The third-order valence-corrected chi connectivity index (χ3v) is 3.85. The molecule has 0 N–H and O–H groups in total. The van der Waals surface area contributed by atoms with Gasteiger partial charge in [0.25, 0.3) is 0 Å². The topological polar surface area (TPSA) is 0 Å². The molecule has 1 aliphatic rings. The molecule has 0 atom stereocenters. The van der Waals surface area contributed by atoms with Crippen LogP contribution in [0.15, 0.2) is 18.2 Å². The maximum absolute atomic E-state index is 13.9. The second kappa shape index (κ2) is 4.90. The molecule has 0 spiro atoms. The Labute approximate surface area is 104 Å². The first-order valence-corrected chi connectivity index (χ1v) is 6.21. The lowest BCUT2D eigenvalue weighted by atomic mass is 9.78. The molecule has 0 amide bonds.